The van der Waals surface area contributed by atoms with Crippen molar-refractivity contribution in [2.24, 2.45) is 51.8 Å². The molecule has 0 aromatic rings. The molecule has 3 saturated carbocycles. The predicted molar refractivity (Wildman–Crippen MR) is 127 cm³/mol. The second-order valence-electron chi connectivity index (χ2n) is 13.4. The van der Waals surface area contributed by atoms with Crippen LogP contribution in [-0.2, 0) is 0 Å². The summed E-state index contributed by atoms with van der Waals surface area (Å²) in [6.07, 6.45) is 18.9. The van der Waals surface area contributed by atoms with Gasteiger partial charge in [-0.1, -0.05) is 85.8 Å². The van der Waals surface area contributed by atoms with E-state index in [1.54, 1.807) is 0 Å². The zero-order chi connectivity index (χ0) is 21.0. The van der Waals surface area contributed by atoms with E-state index in [4.69, 9.17) is 0 Å². The molecule has 4 aliphatic rings. The van der Waals surface area contributed by atoms with Crippen LogP contribution in [0.1, 0.15) is 119 Å². The van der Waals surface area contributed by atoms with Crippen molar-refractivity contribution in [1.82, 2.24) is 0 Å². The summed E-state index contributed by atoms with van der Waals surface area (Å²) in [5, 5.41) is 0. The number of rotatable bonds is 5. The summed E-state index contributed by atoms with van der Waals surface area (Å²) in [6.45, 7) is 17.9. The zero-order valence-electron chi connectivity index (χ0n) is 20.8. The first-order valence-corrected chi connectivity index (χ1v) is 13.3. The summed E-state index contributed by atoms with van der Waals surface area (Å²) in [5.41, 5.74) is 3.44. The molecule has 0 radical (unpaired) electrons. The first-order valence-electron chi connectivity index (χ1n) is 13.3. The third-order valence-corrected chi connectivity index (χ3v) is 10.9. The minimum atomic E-state index is 0.446. The van der Waals surface area contributed by atoms with Crippen molar-refractivity contribution < 1.29 is 0 Å². The molecule has 166 valence electrons. The van der Waals surface area contributed by atoms with Gasteiger partial charge in [-0.25, -0.2) is 0 Å². The summed E-state index contributed by atoms with van der Waals surface area (Å²) in [4.78, 5) is 0. The van der Waals surface area contributed by atoms with Crippen molar-refractivity contribution in [3.05, 3.63) is 11.6 Å². The minimum Gasteiger partial charge on any atom is -0.0839 e. The van der Waals surface area contributed by atoms with Crippen LogP contribution in [0.15, 0.2) is 11.6 Å². The lowest BCUT2D eigenvalue weighted by atomic mass is 9.44. The van der Waals surface area contributed by atoms with Gasteiger partial charge in [0.15, 0.2) is 0 Å². The second-order valence-corrected chi connectivity index (χ2v) is 13.4. The van der Waals surface area contributed by atoms with E-state index in [0.717, 1.165) is 35.5 Å². The largest absolute Gasteiger partial charge is 0.0839 e. The SMILES string of the molecule is CC(C)CCCC(C)C1CCC2C3CC=C4C(C)(C)CCCC4(C)C3CCC12C. The molecule has 3 fully saturated rings. The van der Waals surface area contributed by atoms with Crippen molar-refractivity contribution in [2.75, 3.05) is 0 Å². The first-order chi connectivity index (χ1) is 13.6. The standard InChI is InChI=1S/C29H50/c1-20(2)10-8-11-21(3)23-13-14-24-22-12-15-26-27(4,5)17-9-18-29(26,7)25(22)16-19-28(23,24)6/h15,20-25H,8-14,16-19H2,1-7H3. The van der Waals surface area contributed by atoms with Crippen LogP contribution in [0.4, 0.5) is 0 Å². The van der Waals surface area contributed by atoms with Crippen molar-refractivity contribution in [3.63, 3.8) is 0 Å². The van der Waals surface area contributed by atoms with E-state index < -0.39 is 0 Å². The number of fused-ring (bicyclic) bond motifs is 5. The highest BCUT2D eigenvalue weighted by molar-refractivity contribution is 5.29. The van der Waals surface area contributed by atoms with Crippen molar-refractivity contribution in [2.45, 2.75) is 119 Å². The van der Waals surface area contributed by atoms with E-state index in [1.165, 1.54) is 70.6 Å². The van der Waals surface area contributed by atoms with Crippen LogP contribution >= 0.6 is 0 Å². The third kappa shape index (κ3) is 3.57. The Morgan fingerprint density at radius 1 is 0.897 bits per heavy atom. The Hall–Kier alpha value is -0.260. The minimum absolute atomic E-state index is 0.446. The topological polar surface area (TPSA) is 0 Å². The molecular weight excluding hydrogens is 348 g/mol. The molecule has 0 spiro atoms. The predicted octanol–water partition coefficient (Wildman–Crippen LogP) is 9.05. The van der Waals surface area contributed by atoms with Crippen molar-refractivity contribution >= 4 is 0 Å². The number of hydrogen-bond donors (Lipinski definition) is 0. The fourth-order valence-corrected chi connectivity index (χ4v) is 9.52. The molecule has 0 saturated heterocycles. The van der Waals surface area contributed by atoms with Gasteiger partial charge in [0, 0.05) is 0 Å². The highest BCUT2D eigenvalue weighted by atomic mass is 14.6. The van der Waals surface area contributed by atoms with Gasteiger partial charge in [-0.2, -0.15) is 0 Å². The lowest BCUT2D eigenvalue weighted by Gasteiger charge is -2.60. The van der Waals surface area contributed by atoms with Gasteiger partial charge in [-0.3, -0.25) is 0 Å². The highest BCUT2D eigenvalue weighted by Gasteiger charge is 2.60. The van der Waals surface area contributed by atoms with Crippen molar-refractivity contribution in [3.8, 4) is 0 Å². The van der Waals surface area contributed by atoms with Gasteiger partial charge >= 0.3 is 0 Å². The van der Waals surface area contributed by atoms with E-state index in [2.05, 4.69) is 54.5 Å². The molecule has 0 bridgehead atoms. The van der Waals surface area contributed by atoms with Crippen LogP contribution in [0.2, 0.25) is 0 Å². The number of hydrogen-bond acceptors (Lipinski definition) is 0. The van der Waals surface area contributed by atoms with E-state index in [0.29, 0.717) is 16.2 Å². The molecule has 4 aliphatic carbocycles. The molecule has 4 rings (SSSR count). The summed E-state index contributed by atoms with van der Waals surface area (Å²) >= 11 is 0. The van der Waals surface area contributed by atoms with Crippen LogP contribution in [0.3, 0.4) is 0 Å². The van der Waals surface area contributed by atoms with Crippen LogP contribution in [0.5, 0.6) is 0 Å². The first kappa shape index (κ1) is 22.0. The van der Waals surface area contributed by atoms with Gasteiger partial charge < -0.3 is 0 Å². The normalized spacial score (nSPS) is 44.6. The molecule has 0 aromatic carbocycles. The van der Waals surface area contributed by atoms with E-state index in [-0.39, 0.29) is 0 Å². The summed E-state index contributed by atoms with van der Waals surface area (Å²) < 4.78 is 0. The van der Waals surface area contributed by atoms with Gasteiger partial charge in [0.05, 0.1) is 0 Å². The lowest BCUT2D eigenvalue weighted by molar-refractivity contribution is -0.0580. The van der Waals surface area contributed by atoms with E-state index in [1.807, 2.05) is 5.57 Å². The van der Waals surface area contributed by atoms with Crippen molar-refractivity contribution in [1.29, 1.82) is 0 Å². The van der Waals surface area contributed by atoms with Gasteiger partial charge in [-0.15, -0.1) is 0 Å². The average Bonchev–Trinajstić information content (AvgIpc) is 2.98. The maximum atomic E-state index is 2.77. The van der Waals surface area contributed by atoms with Gasteiger partial charge in [0.25, 0.3) is 0 Å². The van der Waals surface area contributed by atoms with Gasteiger partial charge in [-0.05, 0) is 96.7 Å². The Labute approximate surface area is 182 Å². The molecule has 0 heterocycles. The Morgan fingerprint density at radius 2 is 1.66 bits per heavy atom. The lowest BCUT2D eigenvalue weighted by Crippen LogP contribution is -2.52. The van der Waals surface area contributed by atoms with Crippen LogP contribution in [-0.4, -0.2) is 0 Å². The Bertz CT molecular complexity index is 624. The Kier molecular flexibility index (Phi) is 5.83. The van der Waals surface area contributed by atoms with E-state index >= 15 is 0 Å². The Morgan fingerprint density at radius 3 is 2.38 bits per heavy atom. The molecule has 0 aromatic heterocycles. The molecule has 0 aliphatic heterocycles. The molecule has 0 amide bonds. The quantitative estimate of drug-likeness (QED) is 0.405. The van der Waals surface area contributed by atoms with Crippen LogP contribution in [0, 0.1) is 51.8 Å². The molecule has 0 N–H and O–H groups in total. The molecule has 0 nitrogen and oxygen atoms in total. The summed E-state index contributed by atoms with van der Waals surface area (Å²) in [6, 6.07) is 0. The molecule has 0 heteroatoms. The van der Waals surface area contributed by atoms with Crippen LogP contribution in [0.25, 0.3) is 0 Å². The summed E-state index contributed by atoms with van der Waals surface area (Å²) in [7, 11) is 0. The maximum absolute atomic E-state index is 2.77. The number of allylic oxidation sites excluding steroid dienone is 2. The molecule has 7 unspecified atom stereocenters. The average molecular weight is 399 g/mol. The Balaban J connectivity index is 1.53. The maximum Gasteiger partial charge on any atom is -0.00799 e. The fourth-order valence-electron chi connectivity index (χ4n) is 9.52. The van der Waals surface area contributed by atoms with Crippen LogP contribution < -0.4 is 0 Å². The molecule has 7 atom stereocenters. The second kappa shape index (κ2) is 7.70. The monoisotopic (exact) mass is 398 g/mol. The zero-order valence-corrected chi connectivity index (χ0v) is 20.8. The van der Waals surface area contributed by atoms with Gasteiger partial charge in [0.2, 0.25) is 0 Å². The summed E-state index contributed by atoms with van der Waals surface area (Å²) in [5.74, 6) is 5.73. The molecular formula is C29H50. The highest BCUT2D eigenvalue weighted by Crippen LogP contribution is 2.68. The smallest absolute Gasteiger partial charge is 0.00799 e. The van der Waals surface area contributed by atoms with E-state index in [9.17, 15) is 0 Å². The third-order valence-electron chi connectivity index (χ3n) is 10.9. The van der Waals surface area contributed by atoms with Gasteiger partial charge in [0.1, 0.15) is 0 Å². The fraction of sp³-hybridized carbons (Fsp3) is 0.931. The molecule has 29 heavy (non-hydrogen) atoms.